The topological polar surface area (TPSA) is 26.0 Å². The summed E-state index contributed by atoms with van der Waals surface area (Å²) in [6.45, 7) is 0. The molecular formula is C8H9ClF3N. The Bertz CT molecular complexity index is 267. The number of halogens is 4. The zero-order valence-electron chi connectivity index (χ0n) is 6.58. The van der Waals surface area contributed by atoms with E-state index in [0.717, 1.165) is 6.07 Å². The second kappa shape index (κ2) is 5.09. The predicted octanol–water partition coefficient (Wildman–Crippen LogP) is 2.51. The molecule has 0 fully saturated rings. The van der Waals surface area contributed by atoms with Crippen molar-refractivity contribution in [3.63, 3.8) is 0 Å². The first kappa shape index (κ1) is 12.3. The van der Waals surface area contributed by atoms with Crippen molar-refractivity contribution in [3.8, 4) is 0 Å². The van der Waals surface area contributed by atoms with Gasteiger partial charge in [-0.3, -0.25) is 0 Å². The molecule has 1 aromatic carbocycles. The monoisotopic (exact) mass is 211 g/mol. The molecule has 0 aliphatic heterocycles. The third-order valence-corrected chi connectivity index (χ3v) is 1.54. The Kier molecular flexibility index (Phi) is 4.80. The van der Waals surface area contributed by atoms with Crippen LogP contribution < -0.4 is 5.73 Å². The average Bonchev–Trinajstić information content (AvgIpc) is 2.04. The van der Waals surface area contributed by atoms with Crippen molar-refractivity contribution in [2.45, 2.75) is 12.5 Å². The highest BCUT2D eigenvalue weighted by atomic mass is 35.5. The molecule has 0 spiro atoms. The minimum atomic E-state index is -2.73. The summed E-state index contributed by atoms with van der Waals surface area (Å²) in [6, 6.07) is 3.73. The van der Waals surface area contributed by atoms with Crippen LogP contribution in [0.5, 0.6) is 0 Å². The van der Waals surface area contributed by atoms with E-state index in [-0.39, 0.29) is 18.0 Å². The van der Waals surface area contributed by atoms with Gasteiger partial charge in [0.15, 0.2) is 0 Å². The summed E-state index contributed by atoms with van der Waals surface area (Å²) in [7, 11) is 0. The maximum atomic E-state index is 12.8. The normalized spacial score (nSPS) is 12.4. The molecule has 1 nitrogen and oxygen atoms in total. The summed E-state index contributed by atoms with van der Waals surface area (Å²) >= 11 is 0. The number of benzene rings is 1. The van der Waals surface area contributed by atoms with Crippen LogP contribution in [0.1, 0.15) is 11.6 Å². The third kappa shape index (κ3) is 2.90. The molecule has 1 aromatic rings. The zero-order valence-corrected chi connectivity index (χ0v) is 7.40. The molecule has 13 heavy (non-hydrogen) atoms. The highest BCUT2D eigenvalue weighted by Gasteiger charge is 2.19. The largest absolute Gasteiger partial charge is 0.319 e. The fourth-order valence-electron chi connectivity index (χ4n) is 0.881. The molecule has 0 heterocycles. The van der Waals surface area contributed by atoms with Crippen molar-refractivity contribution in [3.05, 3.63) is 35.6 Å². The van der Waals surface area contributed by atoms with E-state index in [0.29, 0.717) is 0 Å². The van der Waals surface area contributed by atoms with Gasteiger partial charge in [0.25, 0.3) is 6.43 Å². The Morgan fingerprint density at radius 3 is 2.15 bits per heavy atom. The summed E-state index contributed by atoms with van der Waals surface area (Å²) in [6.07, 6.45) is -2.73. The number of hydrogen-bond acceptors (Lipinski definition) is 1. The lowest BCUT2D eigenvalue weighted by atomic mass is 10.1. The van der Waals surface area contributed by atoms with Crippen molar-refractivity contribution >= 4 is 12.4 Å². The molecular weight excluding hydrogens is 203 g/mol. The Morgan fingerprint density at radius 1 is 1.15 bits per heavy atom. The molecule has 2 N–H and O–H groups in total. The van der Waals surface area contributed by atoms with E-state index in [2.05, 4.69) is 0 Å². The summed E-state index contributed by atoms with van der Waals surface area (Å²) in [5.41, 5.74) is 4.90. The molecule has 1 atom stereocenters. The Hall–Kier alpha value is -0.740. The number of rotatable bonds is 2. The molecule has 0 aliphatic carbocycles. The van der Waals surface area contributed by atoms with E-state index in [1.165, 1.54) is 18.2 Å². The van der Waals surface area contributed by atoms with E-state index in [1.54, 1.807) is 0 Å². The van der Waals surface area contributed by atoms with Crippen molar-refractivity contribution < 1.29 is 13.2 Å². The van der Waals surface area contributed by atoms with Gasteiger partial charge in [0.05, 0.1) is 6.04 Å². The van der Waals surface area contributed by atoms with Crippen molar-refractivity contribution in [2.75, 3.05) is 0 Å². The lowest BCUT2D eigenvalue weighted by Gasteiger charge is -2.10. The van der Waals surface area contributed by atoms with Crippen LogP contribution in [0.25, 0.3) is 0 Å². The summed E-state index contributed by atoms with van der Waals surface area (Å²) in [5, 5.41) is 0. The van der Waals surface area contributed by atoms with Gasteiger partial charge in [-0.25, -0.2) is 13.2 Å². The number of alkyl halides is 2. The SMILES string of the molecule is Cl.N[C@H](c1ccccc1F)C(F)F. The first-order chi connectivity index (χ1) is 5.63. The zero-order chi connectivity index (χ0) is 9.14. The average molecular weight is 212 g/mol. The van der Waals surface area contributed by atoms with Gasteiger partial charge in [-0.15, -0.1) is 12.4 Å². The van der Waals surface area contributed by atoms with Gasteiger partial charge < -0.3 is 5.73 Å². The first-order valence-electron chi connectivity index (χ1n) is 3.41. The van der Waals surface area contributed by atoms with Gasteiger partial charge in [-0.2, -0.15) is 0 Å². The summed E-state index contributed by atoms with van der Waals surface area (Å²) < 4.78 is 36.8. The van der Waals surface area contributed by atoms with Crippen molar-refractivity contribution in [2.24, 2.45) is 5.73 Å². The third-order valence-electron chi connectivity index (χ3n) is 1.54. The van der Waals surface area contributed by atoms with Gasteiger partial charge in [-0.05, 0) is 6.07 Å². The second-order valence-corrected chi connectivity index (χ2v) is 2.38. The minimum Gasteiger partial charge on any atom is -0.319 e. The highest BCUT2D eigenvalue weighted by molar-refractivity contribution is 5.85. The Balaban J connectivity index is 0.00000144. The van der Waals surface area contributed by atoms with E-state index >= 15 is 0 Å². The minimum absolute atomic E-state index is 0. The fourth-order valence-corrected chi connectivity index (χ4v) is 0.881. The Morgan fingerprint density at radius 2 is 1.69 bits per heavy atom. The molecule has 0 radical (unpaired) electrons. The van der Waals surface area contributed by atoms with Crippen LogP contribution in [0.15, 0.2) is 24.3 Å². The first-order valence-corrected chi connectivity index (χ1v) is 3.41. The van der Waals surface area contributed by atoms with Crippen LogP contribution in [-0.4, -0.2) is 6.43 Å². The molecule has 1 rings (SSSR count). The smallest absolute Gasteiger partial charge is 0.257 e. The van der Waals surface area contributed by atoms with Gasteiger partial charge >= 0.3 is 0 Å². The van der Waals surface area contributed by atoms with Crippen LogP contribution in [0.4, 0.5) is 13.2 Å². The van der Waals surface area contributed by atoms with Gasteiger partial charge in [-0.1, -0.05) is 18.2 Å². The summed E-state index contributed by atoms with van der Waals surface area (Å²) in [5.74, 6) is -0.690. The van der Waals surface area contributed by atoms with Gasteiger partial charge in [0, 0.05) is 5.56 Å². The highest BCUT2D eigenvalue weighted by Crippen LogP contribution is 2.19. The lowest BCUT2D eigenvalue weighted by molar-refractivity contribution is 0.115. The maximum Gasteiger partial charge on any atom is 0.257 e. The molecule has 0 unspecified atom stereocenters. The molecule has 0 bridgehead atoms. The Labute approximate surface area is 80.2 Å². The molecule has 5 heteroatoms. The predicted molar refractivity (Wildman–Crippen MR) is 46.6 cm³/mol. The standard InChI is InChI=1S/C8H8F3N.ClH/c9-6-4-2-1-3-5(6)7(12)8(10)11;/h1-4,7-8H,12H2;1H/t7-;/m1./s1. The molecule has 0 saturated heterocycles. The molecule has 0 aliphatic rings. The van der Waals surface area contributed by atoms with Gasteiger partial charge in [0.1, 0.15) is 5.82 Å². The van der Waals surface area contributed by atoms with Crippen LogP contribution in [-0.2, 0) is 0 Å². The van der Waals surface area contributed by atoms with E-state index in [1.807, 2.05) is 0 Å². The van der Waals surface area contributed by atoms with Crippen LogP contribution in [0.3, 0.4) is 0 Å². The van der Waals surface area contributed by atoms with Crippen LogP contribution in [0.2, 0.25) is 0 Å². The second-order valence-electron chi connectivity index (χ2n) is 2.38. The summed E-state index contributed by atoms with van der Waals surface area (Å²) in [4.78, 5) is 0. The van der Waals surface area contributed by atoms with E-state index < -0.39 is 18.3 Å². The molecule has 0 amide bonds. The van der Waals surface area contributed by atoms with Gasteiger partial charge in [0.2, 0.25) is 0 Å². The van der Waals surface area contributed by atoms with Crippen LogP contribution >= 0.6 is 12.4 Å². The lowest BCUT2D eigenvalue weighted by Crippen LogP contribution is -2.20. The van der Waals surface area contributed by atoms with Crippen LogP contribution in [0, 0.1) is 5.82 Å². The molecule has 0 saturated carbocycles. The number of hydrogen-bond donors (Lipinski definition) is 1. The maximum absolute atomic E-state index is 12.8. The molecule has 0 aromatic heterocycles. The number of nitrogens with two attached hydrogens (primary N) is 1. The van der Waals surface area contributed by atoms with Crippen molar-refractivity contribution in [1.29, 1.82) is 0 Å². The quantitative estimate of drug-likeness (QED) is 0.799. The van der Waals surface area contributed by atoms with Crippen molar-refractivity contribution in [1.82, 2.24) is 0 Å². The fraction of sp³-hybridized carbons (Fsp3) is 0.250. The molecule has 74 valence electrons. The van der Waals surface area contributed by atoms with E-state index in [9.17, 15) is 13.2 Å². The van der Waals surface area contributed by atoms with E-state index in [4.69, 9.17) is 5.73 Å².